The topological polar surface area (TPSA) is 64.3 Å². The van der Waals surface area contributed by atoms with Crippen molar-refractivity contribution in [3.8, 4) is 0 Å². The van der Waals surface area contributed by atoms with Crippen LogP contribution in [0.15, 0.2) is 0 Å². The standard InChI is InChI=1S/C10H20N2O2S/c1-5-10(4,9(11)15)12-8(13)6-14-7(2)3/h7H,5-6H2,1-4H3,(H2,11,15)(H,12,13). The number of nitrogens with two attached hydrogens (primary N) is 1. The maximum Gasteiger partial charge on any atom is 0.246 e. The van der Waals surface area contributed by atoms with Crippen molar-refractivity contribution in [3.05, 3.63) is 0 Å². The molecule has 4 nitrogen and oxygen atoms in total. The average molecular weight is 232 g/mol. The Labute approximate surface area is 96.5 Å². The van der Waals surface area contributed by atoms with Gasteiger partial charge in [0.05, 0.1) is 16.6 Å². The second kappa shape index (κ2) is 6.02. The summed E-state index contributed by atoms with van der Waals surface area (Å²) in [4.78, 5) is 11.8. The summed E-state index contributed by atoms with van der Waals surface area (Å²) in [5.41, 5.74) is 4.94. The lowest BCUT2D eigenvalue weighted by Crippen LogP contribution is -2.55. The van der Waals surface area contributed by atoms with Crippen molar-refractivity contribution >= 4 is 23.1 Å². The second-order valence-corrected chi connectivity index (χ2v) is 4.40. The summed E-state index contributed by atoms with van der Waals surface area (Å²) in [5, 5.41) is 2.77. The lowest BCUT2D eigenvalue weighted by Gasteiger charge is -2.28. The van der Waals surface area contributed by atoms with Crippen LogP contribution in [0.25, 0.3) is 0 Å². The van der Waals surface area contributed by atoms with Crippen molar-refractivity contribution in [2.75, 3.05) is 6.61 Å². The molecule has 1 unspecified atom stereocenters. The number of hydrogen-bond acceptors (Lipinski definition) is 3. The molecular formula is C10H20N2O2S. The van der Waals surface area contributed by atoms with Gasteiger partial charge in [0.25, 0.3) is 0 Å². The molecule has 15 heavy (non-hydrogen) atoms. The van der Waals surface area contributed by atoms with Gasteiger partial charge in [-0.05, 0) is 27.2 Å². The Bertz CT molecular complexity index is 244. The SMILES string of the molecule is CCC(C)(NC(=O)COC(C)C)C(N)=S. The molecule has 0 aromatic carbocycles. The highest BCUT2D eigenvalue weighted by Crippen LogP contribution is 2.09. The highest BCUT2D eigenvalue weighted by atomic mass is 32.1. The summed E-state index contributed by atoms with van der Waals surface area (Å²) in [5.74, 6) is -0.194. The molecule has 0 aliphatic heterocycles. The first-order chi connectivity index (χ1) is 6.81. The molecule has 0 heterocycles. The van der Waals surface area contributed by atoms with Crippen LogP contribution in [-0.2, 0) is 9.53 Å². The Balaban J connectivity index is 4.19. The summed E-state index contributed by atoms with van der Waals surface area (Å²) in [7, 11) is 0. The Kier molecular flexibility index (Phi) is 5.75. The summed E-state index contributed by atoms with van der Waals surface area (Å²) < 4.78 is 5.18. The number of amides is 1. The van der Waals surface area contributed by atoms with Gasteiger partial charge in [-0.3, -0.25) is 4.79 Å². The predicted molar refractivity (Wildman–Crippen MR) is 64.7 cm³/mol. The fourth-order valence-electron chi connectivity index (χ4n) is 0.910. The molecule has 88 valence electrons. The van der Waals surface area contributed by atoms with E-state index in [2.05, 4.69) is 5.32 Å². The van der Waals surface area contributed by atoms with Gasteiger partial charge in [0.15, 0.2) is 0 Å². The van der Waals surface area contributed by atoms with Crippen molar-refractivity contribution in [2.24, 2.45) is 5.73 Å². The fourth-order valence-corrected chi connectivity index (χ4v) is 1.11. The lowest BCUT2D eigenvalue weighted by molar-refractivity contribution is -0.128. The molecule has 0 saturated carbocycles. The molecule has 0 rings (SSSR count). The number of rotatable bonds is 6. The molecule has 0 aromatic heterocycles. The second-order valence-electron chi connectivity index (χ2n) is 3.96. The summed E-state index contributed by atoms with van der Waals surface area (Å²) in [6, 6.07) is 0. The van der Waals surface area contributed by atoms with Gasteiger partial charge in [0.2, 0.25) is 5.91 Å². The van der Waals surface area contributed by atoms with Crippen LogP contribution in [0.1, 0.15) is 34.1 Å². The molecule has 0 aliphatic carbocycles. The van der Waals surface area contributed by atoms with Crippen LogP contribution < -0.4 is 11.1 Å². The fraction of sp³-hybridized carbons (Fsp3) is 0.800. The van der Waals surface area contributed by atoms with Gasteiger partial charge in [0, 0.05) is 0 Å². The highest BCUT2D eigenvalue weighted by molar-refractivity contribution is 7.80. The molecule has 1 amide bonds. The van der Waals surface area contributed by atoms with Crippen molar-refractivity contribution in [2.45, 2.75) is 45.8 Å². The molecular weight excluding hydrogens is 212 g/mol. The smallest absolute Gasteiger partial charge is 0.246 e. The Morgan fingerprint density at radius 3 is 2.47 bits per heavy atom. The van der Waals surface area contributed by atoms with E-state index < -0.39 is 5.54 Å². The molecule has 0 aliphatic rings. The number of thiocarbonyl (C=S) groups is 1. The van der Waals surface area contributed by atoms with Gasteiger partial charge in [-0.2, -0.15) is 0 Å². The van der Waals surface area contributed by atoms with Gasteiger partial charge in [-0.25, -0.2) is 0 Å². The minimum atomic E-state index is -0.618. The zero-order chi connectivity index (χ0) is 12.1. The molecule has 3 N–H and O–H groups in total. The molecule has 0 radical (unpaired) electrons. The van der Waals surface area contributed by atoms with Crippen LogP contribution in [-0.4, -0.2) is 29.1 Å². The first-order valence-corrected chi connectivity index (χ1v) is 5.45. The Morgan fingerprint density at radius 2 is 2.13 bits per heavy atom. The highest BCUT2D eigenvalue weighted by Gasteiger charge is 2.27. The van der Waals surface area contributed by atoms with Gasteiger partial charge in [-0.15, -0.1) is 0 Å². The summed E-state index contributed by atoms with van der Waals surface area (Å²) >= 11 is 4.91. The van der Waals surface area contributed by atoms with Gasteiger partial charge < -0.3 is 15.8 Å². The van der Waals surface area contributed by atoms with Gasteiger partial charge in [0.1, 0.15) is 6.61 Å². The van der Waals surface area contributed by atoms with Gasteiger partial charge >= 0.3 is 0 Å². The van der Waals surface area contributed by atoms with E-state index in [1.165, 1.54) is 0 Å². The van der Waals surface area contributed by atoms with Gasteiger partial charge in [-0.1, -0.05) is 19.1 Å². The van der Waals surface area contributed by atoms with E-state index in [0.717, 1.165) is 0 Å². The third-order valence-electron chi connectivity index (χ3n) is 2.21. The molecule has 0 spiro atoms. The molecule has 0 saturated heterocycles. The molecule has 1 atom stereocenters. The van der Waals surface area contributed by atoms with Crippen molar-refractivity contribution < 1.29 is 9.53 Å². The van der Waals surface area contributed by atoms with E-state index in [0.29, 0.717) is 11.4 Å². The van der Waals surface area contributed by atoms with Crippen LogP contribution in [0.5, 0.6) is 0 Å². The number of carbonyl (C=O) groups is 1. The largest absolute Gasteiger partial charge is 0.391 e. The maximum atomic E-state index is 11.5. The summed E-state index contributed by atoms with van der Waals surface area (Å²) in [6.07, 6.45) is 0.698. The van der Waals surface area contributed by atoms with E-state index in [4.69, 9.17) is 22.7 Å². The monoisotopic (exact) mass is 232 g/mol. The first kappa shape index (κ1) is 14.3. The first-order valence-electron chi connectivity index (χ1n) is 5.04. The van der Waals surface area contributed by atoms with Crippen molar-refractivity contribution in [3.63, 3.8) is 0 Å². The molecule has 0 fully saturated rings. The molecule has 0 aromatic rings. The zero-order valence-electron chi connectivity index (χ0n) is 9.79. The van der Waals surface area contributed by atoms with Crippen LogP contribution in [0.3, 0.4) is 0 Å². The van der Waals surface area contributed by atoms with Crippen molar-refractivity contribution in [1.82, 2.24) is 5.32 Å². The zero-order valence-corrected chi connectivity index (χ0v) is 10.6. The molecule has 0 bridgehead atoms. The van der Waals surface area contributed by atoms with Crippen molar-refractivity contribution in [1.29, 1.82) is 0 Å². The average Bonchev–Trinajstić information content (AvgIpc) is 2.14. The van der Waals surface area contributed by atoms with E-state index in [1.54, 1.807) is 0 Å². The van der Waals surface area contributed by atoms with Crippen LogP contribution in [0.2, 0.25) is 0 Å². The minimum absolute atomic E-state index is 0.0356. The van der Waals surface area contributed by atoms with E-state index in [9.17, 15) is 4.79 Å². The Morgan fingerprint density at radius 1 is 1.60 bits per heavy atom. The lowest BCUT2D eigenvalue weighted by atomic mass is 9.99. The number of nitrogens with one attached hydrogen (secondary N) is 1. The number of carbonyl (C=O) groups excluding carboxylic acids is 1. The van der Waals surface area contributed by atoms with Crippen LogP contribution in [0.4, 0.5) is 0 Å². The predicted octanol–water partition coefficient (Wildman–Crippen LogP) is 0.982. The van der Waals surface area contributed by atoms with Crippen LogP contribution >= 0.6 is 12.2 Å². The van der Waals surface area contributed by atoms with E-state index >= 15 is 0 Å². The Hall–Kier alpha value is -0.680. The molecule has 5 heteroatoms. The maximum absolute atomic E-state index is 11.5. The third-order valence-corrected chi connectivity index (χ3v) is 2.66. The van der Waals surface area contributed by atoms with Crippen LogP contribution in [0, 0.1) is 0 Å². The summed E-state index contributed by atoms with van der Waals surface area (Å²) in [6.45, 7) is 7.51. The normalized spacial score (nSPS) is 14.7. The number of hydrogen-bond donors (Lipinski definition) is 2. The van der Waals surface area contributed by atoms with E-state index in [-0.39, 0.29) is 18.6 Å². The minimum Gasteiger partial charge on any atom is -0.391 e. The quantitative estimate of drug-likeness (QED) is 0.670. The van der Waals surface area contributed by atoms with E-state index in [1.807, 2.05) is 27.7 Å². The number of ether oxygens (including phenoxy) is 1. The third kappa shape index (κ3) is 5.09.